The van der Waals surface area contributed by atoms with E-state index < -0.39 is 0 Å². The van der Waals surface area contributed by atoms with Crippen molar-refractivity contribution in [3.05, 3.63) is 0 Å². The third-order valence-electron chi connectivity index (χ3n) is 16.5. The summed E-state index contributed by atoms with van der Waals surface area (Å²) in [7, 11) is 0. The number of rotatable bonds is 63. The highest BCUT2D eigenvalue weighted by molar-refractivity contribution is 5.77. The molecular weight excluding hydrogens is 937 g/mol. The van der Waals surface area contributed by atoms with Crippen LogP contribution in [0.15, 0.2) is 0 Å². The van der Waals surface area contributed by atoms with E-state index in [1.807, 2.05) is 0 Å². The second-order valence-corrected chi connectivity index (χ2v) is 24.0. The van der Waals surface area contributed by atoms with Crippen LogP contribution >= 0.6 is 0 Å². The van der Waals surface area contributed by atoms with Crippen LogP contribution in [0.4, 0.5) is 0 Å². The predicted molar refractivity (Wildman–Crippen MR) is 331 cm³/mol. The number of hydrogen-bond donors (Lipinski definition) is 4. The average molecular weight is 1070 g/mol. The van der Waals surface area contributed by atoms with Crippen LogP contribution in [0.2, 0.25) is 0 Å². The van der Waals surface area contributed by atoms with Gasteiger partial charge in [0.25, 0.3) is 0 Å². The molecule has 0 saturated carbocycles. The molecule has 0 aromatic heterocycles. The van der Waals surface area contributed by atoms with Crippen molar-refractivity contribution < 1.29 is 19.2 Å². The molecule has 0 aliphatic carbocycles. The van der Waals surface area contributed by atoms with Gasteiger partial charge < -0.3 is 21.3 Å². The fourth-order valence-electron chi connectivity index (χ4n) is 11.1. The molecule has 0 fully saturated rings. The molecule has 0 atom stereocenters. The van der Waals surface area contributed by atoms with Crippen LogP contribution in [0, 0.1) is 11.8 Å². The van der Waals surface area contributed by atoms with Crippen LogP contribution in [0.1, 0.15) is 374 Å². The lowest BCUT2D eigenvalue weighted by molar-refractivity contribution is -0.123. The van der Waals surface area contributed by atoms with Gasteiger partial charge in [-0.2, -0.15) is 0 Å². The number of amides is 4. The van der Waals surface area contributed by atoms with Crippen molar-refractivity contribution in [1.82, 2.24) is 21.3 Å². The molecule has 0 aromatic rings. The Bertz CT molecular complexity index is 1050. The molecule has 0 saturated heterocycles. The van der Waals surface area contributed by atoms with Crippen LogP contribution in [-0.2, 0) is 19.2 Å². The molecule has 8 nitrogen and oxygen atoms in total. The summed E-state index contributed by atoms with van der Waals surface area (Å²) < 4.78 is 0. The van der Waals surface area contributed by atoms with Gasteiger partial charge in [-0.25, -0.2) is 0 Å². The topological polar surface area (TPSA) is 116 Å². The summed E-state index contributed by atoms with van der Waals surface area (Å²) in [4.78, 5) is 52.7. The molecule has 0 radical (unpaired) electrons. The number of carbonyl (C=O) groups excluding carboxylic acids is 4. The summed E-state index contributed by atoms with van der Waals surface area (Å²) in [5, 5.41) is 12.8. The van der Waals surface area contributed by atoms with Gasteiger partial charge in [-0.05, 0) is 63.2 Å². The van der Waals surface area contributed by atoms with E-state index in [2.05, 4.69) is 49.0 Å². The van der Waals surface area contributed by atoms with Gasteiger partial charge in [0.15, 0.2) is 0 Å². The van der Waals surface area contributed by atoms with Gasteiger partial charge >= 0.3 is 0 Å². The fourth-order valence-corrected chi connectivity index (χ4v) is 11.1. The Kier molecular flexibility index (Phi) is 60.4. The van der Waals surface area contributed by atoms with E-state index in [1.165, 1.54) is 257 Å². The van der Waals surface area contributed by atoms with Gasteiger partial charge in [0.05, 0.1) is 0 Å². The third-order valence-corrected chi connectivity index (χ3v) is 16.5. The van der Waals surface area contributed by atoms with Crippen molar-refractivity contribution in [2.75, 3.05) is 26.2 Å². The molecule has 0 heterocycles. The van der Waals surface area contributed by atoms with Crippen molar-refractivity contribution in [3.63, 3.8) is 0 Å². The Morgan fingerprint density at radius 1 is 0.211 bits per heavy atom. The first-order valence-corrected chi connectivity index (χ1v) is 34.4. The lowest BCUT2D eigenvalue weighted by Crippen LogP contribution is -2.27. The Labute approximate surface area is 474 Å². The first-order valence-electron chi connectivity index (χ1n) is 34.4. The molecule has 0 spiro atoms. The van der Waals surface area contributed by atoms with Crippen LogP contribution in [0.3, 0.4) is 0 Å². The lowest BCUT2D eigenvalue weighted by atomic mass is 9.85. The van der Waals surface area contributed by atoms with E-state index in [4.69, 9.17) is 0 Å². The monoisotopic (exact) mass is 1070 g/mol. The van der Waals surface area contributed by atoms with E-state index in [9.17, 15) is 19.2 Å². The van der Waals surface area contributed by atoms with Gasteiger partial charge in [-0.3, -0.25) is 19.2 Å². The first kappa shape index (κ1) is 73.9. The molecule has 4 N–H and O–H groups in total. The SMILES string of the molecule is CCCCCCCCCCCCCNC(=O)CCC(CCC(=O)NCCCCCCCCCCCCC)CCC(CCC(=O)NCCCCCCCCCCCCC)CCC(=O)NCCCCCCCCCCCCC. The first-order chi connectivity index (χ1) is 37.4. The fraction of sp³-hybridized carbons (Fsp3) is 0.941. The number of hydrogen-bond acceptors (Lipinski definition) is 4. The zero-order chi connectivity index (χ0) is 55.3. The molecule has 0 aliphatic rings. The van der Waals surface area contributed by atoms with Crippen LogP contribution in [0.5, 0.6) is 0 Å². The summed E-state index contributed by atoms with van der Waals surface area (Å²) in [6, 6.07) is 0. The van der Waals surface area contributed by atoms with E-state index in [1.54, 1.807) is 0 Å². The number of nitrogens with one attached hydrogen (secondary N) is 4. The van der Waals surface area contributed by atoms with Gasteiger partial charge in [0.2, 0.25) is 23.6 Å². The summed E-state index contributed by atoms with van der Waals surface area (Å²) in [6.45, 7) is 12.1. The van der Waals surface area contributed by atoms with Gasteiger partial charge in [0.1, 0.15) is 0 Å². The largest absolute Gasteiger partial charge is 0.356 e. The molecule has 0 aliphatic heterocycles. The Morgan fingerprint density at radius 2 is 0.355 bits per heavy atom. The van der Waals surface area contributed by atoms with Gasteiger partial charge in [-0.1, -0.05) is 297 Å². The van der Waals surface area contributed by atoms with Crippen molar-refractivity contribution >= 4 is 23.6 Å². The minimum absolute atomic E-state index is 0.124. The molecule has 0 rings (SSSR count). The molecule has 0 aromatic carbocycles. The molecule has 8 heteroatoms. The van der Waals surface area contributed by atoms with E-state index in [0.29, 0.717) is 25.7 Å². The lowest BCUT2D eigenvalue weighted by Gasteiger charge is -2.22. The Balaban J connectivity index is 5.23. The smallest absolute Gasteiger partial charge is 0.220 e. The maximum Gasteiger partial charge on any atom is 0.220 e. The number of carbonyl (C=O) groups is 4. The quantitative estimate of drug-likeness (QED) is 0.0454. The molecular formula is C68H134N4O4. The van der Waals surface area contributed by atoms with Crippen molar-refractivity contribution in [2.45, 2.75) is 374 Å². The highest BCUT2D eigenvalue weighted by Crippen LogP contribution is 2.27. The summed E-state index contributed by atoms with van der Waals surface area (Å²) in [5.41, 5.74) is 0. The molecule has 0 unspecified atom stereocenters. The number of unbranched alkanes of at least 4 members (excludes halogenated alkanes) is 40. The van der Waals surface area contributed by atoms with Crippen LogP contribution in [0.25, 0.3) is 0 Å². The van der Waals surface area contributed by atoms with E-state index in [-0.39, 0.29) is 35.5 Å². The van der Waals surface area contributed by atoms with E-state index in [0.717, 1.165) is 90.4 Å². The van der Waals surface area contributed by atoms with Crippen molar-refractivity contribution in [3.8, 4) is 0 Å². The van der Waals surface area contributed by atoms with Gasteiger partial charge in [-0.15, -0.1) is 0 Å². The van der Waals surface area contributed by atoms with Crippen LogP contribution in [-0.4, -0.2) is 49.8 Å². The summed E-state index contributed by atoms with van der Waals surface area (Å²) >= 11 is 0. The van der Waals surface area contributed by atoms with Gasteiger partial charge in [0, 0.05) is 51.9 Å². The minimum atomic E-state index is 0.124. The van der Waals surface area contributed by atoms with E-state index >= 15 is 0 Å². The molecule has 4 amide bonds. The normalized spacial score (nSPS) is 11.5. The zero-order valence-electron chi connectivity index (χ0n) is 51.8. The summed E-state index contributed by atoms with van der Waals surface area (Å²) in [5.74, 6) is 0.981. The molecule has 0 bridgehead atoms. The molecule has 450 valence electrons. The third kappa shape index (κ3) is 58.0. The second kappa shape index (κ2) is 62.1. The maximum atomic E-state index is 13.2. The maximum absolute atomic E-state index is 13.2. The predicted octanol–water partition coefficient (Wildman–Crippen LogP) is 19.8. The zero-order valence-corrected chi connectivity index (χ0v) is 51.8. The highest BCUT2D eigenvalue weighted by atomic mass is 16.2. The Hall–Kier alpha value is -2.12. The van der Waals surface area contributed by atoms with Crippen molar-refractivity contribution in [2.24, 2.45) is 11.8 Å². The minimum Gasteiger partial charge on any atom is -0.356 e. The molecule has 76 heavy (non-hydrogen) atoms. The van der Waals surface area contributed by atoms with Crippen molar-refractivity contribution in [1.29, 1.82) is 0 Å². The average Bonchev–Trinajstić information content (AvgIpc) is 3.42. The van der Waals surface area contributed by atoms with Crippen LogP contribution < -0.4 is 21.3 Å². The summed E-state index contributed by atoms with van der Waals surface area (Å²) in [6.07, 6.45) is 63.7. The highest BCUT2D eigenvalue weighted by Gasteiger charge is 2.19. The Morgan fingerprint density at radius 3 is 0.513 bits per heavy atom. The standard InChI is InChI=1S/C68H134N4O4/c1-5-9-13-17-21-25-29-33-37-41-45-59-69-65(73)55-51-63(52-56-66(74)70-60-46-42-38-34-30-26-22-18-14-10-6-2)49-50-64(53-57-67(75)71-61-47-43-39-35-31-27-23-19-15-11-7-3)54-58-68(76)72-62-48-44-40-36-32-28-24-20-16-12-8-4/h63-64H,5-62H2,1-4H3,(H,69,73)(H,70,74)(H,71,75)(H,72,76). The second-order valence-electron chi connectivity index (χ2n) is 24.0.